The van der Waals surface area contributed by atoms with E-state index in [1.807, 2.05) is 0 Å². The molecule has 0 aliphatic heterocycles. The third-order valence-corrected chi connectivity index (χ3v) is 4.23. The first-order chi connectivity index (χ1) is 14.7. The fourth-order valence-corrected chi connectivity index (χ4v) is 2.71. The van der Waals surface area contributed by atoms with Gasteiger partial charge in [0.05, 0.1) is 13.2 Å². The lowest BCUT2D eigenvalue weighted by Crippen LogP contribution is -2.11. The average Bonchev–Trinajstić information content (AvgIpc) is 2.70. The number of hydrogen-bond donors (Lipinski definition) is 0. The zero-order valence-corrected chi connectivity index (χ0v) is 18.0. The third-order valence-electron chi connectivity index (χ3n) is 4.23. The Hall–Kier alpha value is -3.29. The van der Waals surface area contributed by atoms with Crippen LogP contribution in [0, 0.1) is 5.82 Å². The van der Waals surface area contributed by atoms with Gasteiger partial charge in [-0.05, 0) is 49.2 Å². The normalized spacial score (nSPS) is 10.5. The highest BCUT2D eigenvalue weighted by atomic mass is 19.1. The molecule has 2 aromatic carbocycles. The summed E-state index contributed by atoms with van der Waals surface area (Å²) in [5, 5.41) is 0. The van der Waals surface area contributed by atoms with Crippen LogP contribution in [0.1, 0.15) is 25.0 Å². The smallest absolute Gasteiger partial charge is 0.338 e. The summed E-state index contributed by atoms with van der Waals surface area (Å²) in [7, 11) is 3.00. The Morgan fingerprint density at radius 2 is 1.42 bits per heavy atom. The van der Waals surface area contributed by atoms with Crippen LogP contribution in [0.15, 0.2) is 54.6 Å². The van der Waals surface area contributed by atoms with Gasteiger partial charge in [-0.15, -0.1) is 0 Å². The molecule has 0 fully saturated rings. The summed E-state index contributed by atoms with van der Waals surface area (Å²) >= 11 is 0. The van der Waals surface area contributed by atoms with E-state index >= 15 is 0 Å². The Kier molecular flexibility index (Phi) is 8.24. The van der Waals surface area contributed by atoms with Crippen molar-refractivity contribution in [3.63, 3.8) is 0 Å². The minimum atomic E-state index is -0.640. The molecular formula is C24H25FO6. The molecule has 31 heavy (non-hydrogen) atoms. The summed E-state index contributed by atoms with van der Waals surface area (Å²) in [6.07, 6.45) is 0. The zero-order chi connectivity index (χ0) is 23.1. The Morgan fingerprint density at radius 1 is 0.839 bits per heavy atom. The second-order valence-electron chi connectivity index (χ2n) is 6.96. The SMILES string of the molecule is C=C(C)C(=O)Oc1ccc(-c2cc(COC)c(OC(=O)C(=C)C)cc2COC)c(F)c1. The molecule has 0 spiro atoms. The summed E-state index contributed by atoms with van der Waals surface area (Å²) in [5.41, 5.74) is 2.38. The monoisotopic (exact) mass is 428 g/mol. The summed E-state index contributed by atoms with van der Waals surface area (Å²) in [6.45, 7) is 10.4. The van der Waals surface area contributed by atoms with Crippen LogP contribution >= 0.6 is 0 Å². The van der Waals surface area contributed by atoms with Gasteiger partial charge in [0.2, 0.25) is 0 Å². The van der Waals surface area contributed by atoms with Crippen molar-refractivity contribution in [2.24, 2.45) is 0 Å². The van der Waals surface area contributed by atoms with Crippen molar-refractivity contribution in [2.75, 3.05) is 14.2 Å². The Morgan fingerprint density at radius 3 is 1.97 bits per heavy atom. The van der Waals surface area contributed by atoms with Crippen molar-refractivity contribution in [3.8, 4) is 22.6 Å². The van der Waals surface area contributed by atoms with E-state index in [1.54, 1.807) is 19.1 Å². The molecule has 0 radical (unpaired) electrons. The van der Waals surface area contributed by atoms with Gasteiger partial charge in [0.25, 0.3) is 0 Å². The molecule has 0 bridgehead atoms. The molecule has 0 N–H and O–H groups in total. The lowest BCUT2D eigenvalue weighted by molar-refractivity contribution is -0.131. The summed E-state index contributed by atoms with van der Waals surface area (Å²) in [5.74, 6) is -1.48. The zero-order valence-electron chi connectivity index (χ0n) is 18.0. The lowest BCUT2D eigenvalue weighted by atomic mass is 9.96. The number of halogens is 1. The van der Waals surface area contributed by atoms with Crippen LogP contribution in [-0.2, 0) is 32.3 Å². The summed E-state index contributed by atoms with van der Waals surface area (Å²) in [6, 6.07) is 7.40. The van der Waals surface area contributed by atoms with Crippen LogP contribution in [0.2, 0.25) is 0 Å². The van der Waals surface area contributed by atoms with Crippen molar-refractivity contribution in [2.45, 2.75) is 27.1 Å². The molecule has 0 heterocycles. The molecule has 6 nitrogen and oxygen atoms in total. The molecule has 164 valence electrons. The number of benzene rings is 2. The van der Waals surface area contributed by atoms with Crippen LogP contribution in [0.4, 0.5) is 4.39 Å². The summed E-state index contributed by atoms with van der Waals surface area (Å²) < 4.78 is 35.9. The molecule has 0 saturated carbocycles. The number of esters is 2. The molecule has 2 aromatic rings. The van der Waals surface area contributed by atoms with Gasteiger partial charge in [0.1, 0.15) is 17.3 Å². The molecule has 0 amide bonds. The average molecular weight is 428 g/mol. The molecule has 0 aliphatic rings. The van der Waals surface area contributed by atoms with Gasteiger partial charge in [-0.2, -0.15) is 0 Å². The second kappa shape index (κ2) is 10.7. The molecule has 7 heteroatoms. The van der Waals surface area contributed by atoms with Gasteiger partial charge in [0, 0.05) is 42.6 Å². The number of rotatable bonds is 9. The molecule has 2 rings (SSSR count). The highest BCUT2D eigenvalue weighted by Crippen LogP contribution is 2.35. The highest BCUT2D eigenvalue weighted by Gasteiger charge is 2.18. The topological polar surface area (TPSA) is 71.1 Å². The Balaban J connectivity index is 2.54. The van der Waals surface area contributed by atoms with Gasteiger partial charge >= 0.3 is 11.9 Å². The van der Waals surface area contributed by atoms with E-state index in [-0.39, 0.29) is 41.4 Å². The van der Waals surface area contributed by atoms with E-state index in [0.29, 0.717) is 16.7 Å². The van der Waals surface area contributed by atoms with E-state index in [2.05, 4.69) is 13.2 Å². The van der Waals surface area contributed by atoms with E-state index in [9.17, 15) is 14.0 Å². The van der Waals surface area contributed by atoms with E-state index < -0.39 is 17.8 Å². The fourth-order valence-electron chi connectivity index (χ4n) is 2.71. The molecule has 0 aromatic heterocycles. The second-order valence-corrected chi connectivity index (χ2v) is 6.96. The van der Waals surface area contributed by atoms with Crippen molar-refractivity contribution >= 4 is 11.9 Å². The van der Waals surface area contributed by atoms with Crippen LogP contribution in [0.3, 0.4) is 0 Å². The number of methoxy groups -OCH3 is 2. The van der Waals surface area contributed by atoms with Gasteiger partial charge < -0.3 is 18.9 Å². The number of hydrogen-bond acceptors (Lipinski definition) is 6. The van der Waals surface area contributed by atoms with Crippen molar-refractivity contribution < 1.29 is 32.9 Å². The van der Waals surface area contributed by atoms with Crippen LogP contribution in [0.25, 0.3) is 11.1 Å². The van der Waals surface area contributed by atoms with Crippen LogP contribution in [-0.4, -0.2) is 26.2 Å². The molecule has 0 aliphatic carbocycles. The van der Waals surface area contributed by atoms with Crippen LogP contribution < -0.4 is 9.47 Å². The van der Waals surface area contributed by atoms with E-state index in [1.165, 1.54) is 33.3 Å². The number of ether oxygens (including phenoxy) is 4. The first-order valence-corrected chi connectivity index (χ1v) is 9.36. The van der Waals surface area contributed by atoms with Crippen molar-refractivity contribution in [3.05, 3.63) is 71.6 Å². The third kappa shape index (κ3) is 6.10. The van der Waals surface area contributed by atoms with Crippen LogP contribution in [0.5, 0.6) is 11.5 Å². The van der Waals surface area contributed by atoms with E-state index in [0.717, 1.165) is 6.07 Å². The maximum Gasteiger partial charge on any atom is 0.338 e. The molecule has 0 saturated heterocycles. The number of carbonyl (C=O) groups excluding carboxylic acids is 2. The molecule has 0 unspecified atom stereocenters. The highest BCUT2D eigenvalue weighted by molar-refractivity contribution is 5.89. The van der Waals surface area contributed by atoms with E-state index in [4.69, 9.17) is 18.9 Å². The largest absolute Gasteiger partial charge is 0.423 e. The molecular weight excluding hydrogens is 403 g/mol. The predicted molar refractivity (Wildman–Crippen MR) is 114 cm³/mol. The van der Waals surface area contributed by atoms with Crippen molar-refractivity contribution in [1.29, 1.82) is 0 Å². The summed E-state index contributed by atoms with van der Waals surface area (Å²) in [4.78, 5) is 23.7. The van der Waals surface area contributed by atoms with Gasteiger partial charge in [-0.25, -0.2) is 14.0 Å². The van der Waals surface area contributed by atoms with Gasteiger partial charge in [-0.1, -0.05) is 13.2 Å². The van der Waals surface area contributed by atoms with Gasteiger partial charge in [-0.3, -0.25) is 0 Å². The Labute approximate surface area is 180 Å². The number of carbonyl (C=O) groups is 2. The maximum absolute atomic E-state index is 15.0. The first kappa shape index (κ1) is 24.0. The lowest BCUT2D eigenvalue weighted by Gasteiger charge is -2.17. The first-order valence-electron chi connectivity index (χ1n) is 9.36. The van der Waals surface area contributed by atoms with Gasteiger partial charge in [0.15, 0.2) is 0 Å². The van der Waals surface area contributed by atoms with Crippen molar-refractivity contribution in [1.82, 2.24) is 0 Å². The quantitative estimate of drug-likeness (QED) is 0.326. The minimum absolute atomic E-state index is 0.0617. The standard InChI is InChI=1S/C24H25FO6/c1-14(2)23(26)30-18-7-8-19(21(25)11-18)20-9-17(13-29-6)22(10-16(20)12-28-5)31-24(27)15(3)4/h7-11H,1,3,12-13H2,2,4-6H3. The Bertz CT molecular complexity index is 1020. The predicted octanol–water partition coefficient (Wildman–Crippen LogP) is 4.75. The maximum atomic E-state index is 15.0. The fraction of sp³-hybridized carbons (Fsp3) is 0.250. The minimum Gasteiger partial charge on any atom is -0.423 e. The molecule has 0 atom stereocenters.